The lowest BCUT2D eigenvalue weighted by Gasteiger charge is -2.43. The fraction of sp³-hybridized carbons (Fsp3) is 0.333. The monoisotopic (exact) mass is 251 g/mol. The molecule has 0 bridgehead atoms. The summed E-state index contributed by atoms with van der Waals surface area (Å²) in [5, 5.41) is 8.73. The van der Waals surface area contributed by atoms with Crippen LogP contribution in [0.3, 0.4) is 0 Å². The molecule has 0 radical (unpaired) electrons. The maximum absolute atomic E-state index is 11.6. The van der Waals surface area contributed by atoms with E-state index in [2.05, 4.69) is 0 Å². The number of β-lactam (4-membered cyclic amide) rings is 1. The molecule has 1 aromatic carbocycles. The number of imide groups is 1. The molecule has 2 rings (SSSR count). The molecule has 5 heteroatoms. The molecule has 1 aliphatic heterocycles. The minimum absolute atomic E-state index is 0.230. The average molecular weight is 251 g/mol. The van der Waals surface area contributed by atoms with Crippen molar-refractivity contribution in [2.75, 3.05) is 6.26 Å². The second-order valence-corrected chi connectivity index (χ2v) is 4.88. The molecule has 1 aromatic rings. The fourth-order valence-electron chi connectivity index (χ4n) is 2.07. The van der Waals surface area contributed by atoms with Gasteiger partial charge in [-0.2, -0.15) is 0 Å². The van der Waals surface area contributed by atoms with E-state index in [9.17, 15) is 9.59 Å². The number of hydrogen-bond acceptors (Lipinski definition) is 3. The highest BCUT2D eigenvalue weighted by atomic mass is 32.2. The quantitative estimate of drug-likeness (QED) is 0.833. The minimum atomic E-state index is -1.15. The lowest BCUT2D eigenvalue weighted by molar-refractivity contribution is -0.140. The van der Waals surface area contributed by atoms with E-state index in [0.717, 1.165) is 10.5 Å². The molecule has 0 aliphatic carbocycles. The summed E-state index contributed by atoms with van der Waals surface area (Å²) in [4.78, 5) is 23.4. The van der Waals surface area contributed by atoms with Gasteiger partial charge in [0.1, 0.15) is 5.25 Å². The molecule has 1 fully saturated rings. The van der Waals surface area contributed by atoms with Crippen molar-refractivity contribution in [2.24, 2.45) is 0 Å². The van der Waals surface area contributed by atoms with Gasteiger partial charge in [-0.05, 0) is 18.2 Å². The fourth-order valence-corrected chi connectivity index (χ4v) is 2.91. The van der Waals surface area contributed by atoms with Gasteiger partial charge in [-0.1, -0.05) is 30.3 Å². The first-order valence-electron chi connectivity index (χ1n) is 5.28. The highest BCUT2D eigenvalue weighted by molar-refractivity contribution is 8.00. The van der Waals surface area contributed by atoms with Crippen molar-refractivity contribution < 1.29 is 14.7 Å². The Morgan fingerprint density at radius 3 is 2.59 bits per heavy atom. The highest BCUT2D eigenvalue weighted by Gasteiger charge is 2.50. The van der Waals surface area contributed by atoms with E-state index in [-0.39, 0.29) is 17.2 Å². The molecule has 0 spiro atoms. The molecule has 2 unspecified atom stereocenters. The van der Waals surface area contributed by atoms with Crippen LogP contribution in [0.15, 0.2) is 30.3 Å². The topological polar surface area (TPSA) is 57.6 Å². The Morgan fingerprint density at radius 2 is 2.06 bits per heavy atom. The molecule has 2 atom stereocenters. The molecule has 4 nitrogen and oxygen atoms in total. The van der Waals surface area contributed by atoms with Crippen LogP contribution in [0.4, 0.5) is 4.79 Å². The first-order valence-corrected chi connectivity index (χ1v) is 6.56. The van der Waals surface area contributed by atoms with E-state index in [1.165, 1.54) is 11.8 Å². The Hall–Kier alpha value is -1.49. The number of likely N-dealkylation sites (tertiary alicyclic amines) is 1. The number of carbonyl (C=O) groups excluding carboxylic acids is 1. The molecule has 2 amide bonds. The maximum Gasteiger partial charge on any atom is 0.414 e. The second-order valence-electron chi connectivity index (χ2n) is 3.90. The van der Waals surface area contributed by atoms with E-state index >= 15 is 0 Å². The van der Waals surface area contributed by atoms with Crippen LogP contribution in [0.1, 0.15) is 5.56 Å². The molecule has 1 heterocycles. The zero-order valence-electron chi connectivity index (χ0n) is 9.37. The van der Waals surface area contributed by atoms with Gasteiger partial charge >= 0.3 is 6.09 Å². The number of carboxylic acid groups (broad SMARTS) is 1. The van der Waals surface area contributed by atoms with Crippen molar-refractivity contribution in [1.29, 1.82) is 0 Å². The van der Waals surface area contributed by atoms with E-state index in [1.54, 1.807) is 0 Å². The summed E-state index contributed by atoms with van der Waals surface area (Å²) in [5.41, 5.74) is 1.05. The zero-order chi connectivity index (χ0) is 12.4. The normalized spacial score (nSPS) is 23.4. The van der Waals surface area contributed by atoms with Gasteiger partial charge in [0.15, 0.2) is 0 Å². The van der Waals surface area contributed by atoms with Crippen molar-refractivity contribution in [3.05, 3.63) is 35.9 Å². The second kappa shape index (κ2) is 4.79. The van der Waals surface area contributed by atoms with Crippen molar-refractivity contribution in [3.8, 4) is 0 Å². The van der Waals surface area contributed by atoms with Crippen LogP contribution in [-0.4, -0.2) is 39.6 Å². The highest BCUT2D eigenvalue weighted by Crippen LogP contribution is 2.31. The third-order valence-corrected chi connectivity index (χ3v) is 3.93. The lowest BCUT2D eigenvalue weighted by atomic mass is 9.94. The number of rotatable bonds is 3. The van der Waals surface area contributed by atoms with Crippen LogP contribution in [0, 0.1) is 0 Å². The van der Waals surface area contributed by atoms with Crippen molar-refractivity contribution in [1.82, 2.24) is 4.90 Å². The van der Waals surface area contributed by atoms with E-state index in [4.69, 9.17) is 5.11 Å². The Kier molecular flexibility index (Phi) is 3.38. The maximum atomic E-state index is 11.6. The van der Waals surface area contributed by atoms with Gasteiger partial charge in [0.2, 0.25) is 5.91 Å². The summed E-state index contributed by atoms with van der Waals surface area (Å²) in [6.07, 6.45) is 1.27. The number of thioether (sulfide) groups is 1. The minimum Gasteiger partial charge on any atom is -0.465 e. The van der Waals surface area contributed by atoms with Crippen molar-refractivity contribution in [2.45, 2.75) is 17.7 Å². The van der Waals surface area contributed by atoms with Gasteiger partial charge in [0, 0.05) is 0 Å². The van der Waals surface area contributed by atoms with Crippen LogP contribution in [0.5, 0.6) is 0 Å². The van der Waals surface area contributed by atoms with Crippen molar-refractivity contribution in [3.63, 3.8) is 0 Å². The summed E-state index contributed by atoms with van der Waals surface area (Å²) in [6, 6.07) is 9.39. The third-order valence-electron chi connectivity index (χ3n) is 2.91. The summed E-state index contributed by atoms with van der Waals surface area (Å²) in [6.45, 7) is 0. The lowest BCUT2D eigenvalue weighted by Crippen LogP contribution is -2.65. The molecule has 90 valence electrons. The predicted molar refractivity (Wildman–Crippen MR) is 66.1 cm³/mol. The average Bonchev–Trinajstić information content (AvgIpc) is 2.30. The van der Waals surface area contributed by atoms with Gasteiger partial charge in [0.25, 0.3) is 0 Å². The molecule has 1 saturated heterocycles. The van der Waals surface area contributed by atoms with Crippen LogP contribution in [0.2, 0.25) is 0 Å². The molecular weight excluding hydrogens is 238 g/mol. The van der Waals surface area contributed by atoms with E-state index in [1.807, 2.05) is 36.6 Å². The van der Waals surface area contributed by atoms with Gasteiger partial charge in [-0.3, -0.25) is 4.79 Å². The van der Waals surface area contributed by atoms with Gasteiger partial charge in [0.05, 0.1) is 6.04 Å². The van der Waals surface area contributed by atoms with Crippen LogP contribution in [0.25, 0.3) is 0 Å². The largest absolute Gasteiger partial charge is 0.465 e. The number of hydrogen-bond donors (Lipinski definition) is 1. The molecule has 1 N–H and O–H groups in total. The molecule has 0 aromatic heterocycles. The number of benzene rings is 1. The van der Waals surface area contributed by atoms with Crippen molar-refractivity contribution >= 4 is 23.8 Å². The zero-order valence-corrected chi connectivity index (χ0v) is 10.2. The SMILES string of the molecule is CSC1C(=O)N(C(=O)O)C1Cc1ccccc1. The summed E-state index contributed by atoms with van der Waals surface area (Å²) in [7, 11) is 0. The van der Waals surface area contributed by atoms with E-state index in [0.29, 0.717) is 6.42 Å². The first kappa shape index (κ1) is 12.0. The van der Waals surface area contributed by atoms with Gasteiger partial charge in [-0.25, -0.2) is 9.69 Å². The molecule has 0 saturated carbocycles. The Balaban J connectivity index is 2.13. The summed E-state index contributed by atoms with van der Waals surface area (Å²) < 4.78 is 0. The van der Waals surface area contributed by atoms with Crippen LogP contribution >= 0.6 is 11.8 Å². The number of nitrogens with zero attached hydrogens (tertiary/aromatic N) is 1. The van der Waals surface area contributed by atoms with Gasteiger partial charge in [-0.15, -0.1) is 11.8 Å². The Morgan fingerprint density at radius 1 is 1.41 bits per heavy atom. The number of amides is 2. The molecular formula is C12H13NO3S. The van der Waals surface area contributed by atoms with Gasteiger partial charge < -0.3 is 5.11 Å². The number of carbonyl (C=O) groups is 2. The summed E-state index contributed by atoms with van der Waals surface area (Å²) in [5.74, 6) is -0.300. The molecule has 17 heavy (non-hydrogen) atoms. The Bertz CT molecular complexity index is 435. The van der Waals surface area contributed by atoms with Crippen LogP contribution < -0.4 is 0 Å². The smallest absolute Gasteiger partial charge is 0.414 e. The van der Waals surface area contributed by atoms with Crippen LogP contribution in [-0.2, 0) is 11.2 Å². The summed E-state index contributed by atoms with van der Waals surface area (Å²) >= 11 is 1.41. The third kappa shape index (κ3) is 2.15. The molecule has 1 aliphatic rings. The van der Waals surface area contributed by atoms with E-state index < -0.39 is 6.09 Å². The first-order chi connectivity index (χ1) is 8.15. The predicted octanol–water partition coefficient (Wildman–Crippen LogP) is 1.85. The standard InChI is InChI=1S/C12H13NO3S/c1-17-10-9(13(11(10)14)12(15)16)7-8-5-3-2-4-6-8/h2-6,9-10H,7H2,1H3,(H,15,16). The Labute approximate surface area is 104 Å².